The van der Waals surface area contributed by atoms with Gasteiger partial charge in [-0.15, -0.1) is 0 Å². The third-order valence-corrected chi connectivity index (χ3v) is 22.9. The number of benzene rings is 24. The van der Waals surface area contributed by atoms with Gasteiger partial charge in [0.05, 0.1) is 39.8 Å². The van der Waals surface area contributed by atoms with E-state index >= 15 is 0 Å². The summed E-state index contributed by atoms with van der Waals surface area (Å²) in [5.74, 6) is 0. The monoisotopic (exact) mass is 1570 g/mol. The van der Waals surface area contributed by atoms with Crippen molar-refractivity contribution < 1.29 is 39.8 Å². The van der Waals surface area contributed by atoms with Crippen LogP contribution in [0.2, 0.25) is 0 Å². The number of rotatable bonds is 10. The van der Waals surface area contributed by atoms with Crippen LogP contribution in [0.3, 0.4) is 0 Å². The van der Waals surface area contributed by atoms with Crippen molar-refractivity contribution in [2.75, 3.05) is 0 Å². The molecule has 0 atom stereocenters. The molecule has 568 valence electrons. The SMILES string of the molecule is [2H]c1c([2H])c([2H])c(-c2c([2H])c([2H])c([2H])c([2H])c2-c2c3c([2H])c([2H])c([2H])c([2H])c3c(-c3cc(-c4ccccc4)cc4ccccc34)c3c([2H])c([2H])c([2H])c([2H])c23)c([2H])c1[2H].[2H]c1c([2H])c([2H])c2c(-c3cc(-c4ccccc4)cc4ccccc34)c3c([2H])c([2H])c([2H])c([2H])c3c(-c3ccc4ccccc4c3)c2c1[2H].[2H]c1c([2H])c([2H])c2c(-c3cccc4cc(-c5ccccc5)ccc34)c3ccccc3c(-c3ccc4ccccc4c3)c2c1[2H]. The number of hydrogen-bond acceptors (Lipinski definition) is 0. The molecule has 0 heterocycles. The van der Waals surface area contributed by atoms with E-state index in [2.05, 4.69) is 91.0 Å². The fourth-order valence-electron chi connectivity index (χ4n) is 17.5. The molecule has 0 aromatic heterocycles. The first kappa shape index (κ1) is 48.1. The molecule has 0 spiro atoms. The Bertz CT molecular complexity index is 9860. The molecule has 0 saturated carbocycles. The second kappa shape index (κ2) is 31.5. The minimum absolute atomic E-state index is 0.00285. The maximum Gasteiger partial charge on any atom is 0.0629 e. The normalized spacial score (nSPS) is 14.8. The van der Waals surface area contributed by atoms with Crippen LogP contribution < -0.4 is 0 Å². The zero-order chi connectivity index (χ0) is 106. The van der Waals surface area contributed by atoms with Gasteiger partial charge in [0.15, 0.2) is 0 Å². The molecule has 0 unspecified atom stereocenters. The van der Waals surface area contributed by atoms with Crippen LogP contribution in [0.1, 0.15) is 39.8 Å². The number of fused-ring (bicyclic) bond motifs is 11. The van der Waals surface area contributed by atoms with Crippen LogP contribution in [0.25, 0.3) is 230 Å². The van der Waals surface area contributed by atoms with Crippen LogP contribution in [-0.4, -0.2) is 0 Å². The zero-order valence-corrected chi connectivity index (χ0v) is 64.9. The van der Waals surface area contributed by atoms with Crippen molar-refractivity contribution in [3.63, 3.8) is 0 Å². The summed E-state index contributed by atoms with van der Waals surface area (Å²) < 4.78 is 260. The van der Waals surface area contributed by atoms with Gasteiger partial charge in [0.1, 0.15) is 0 Å². The maximum absolute atomic E-state index is 9.47. The zero-order valence-electron chi connectivity index (χ0n) is 93.9. The lowest BCUT2D eigenvalue weighted by molar-refractivity contribution is 1.60. The van der Waals surface area contributed by atoms with Crippen LogP contribution in [0.15, 0.2) is 485 Å². The van der Waals surface area contributed by atoms with Gasteiger partial charge in [0, 0.05) is 0 Å². The molecule has 0 fully saturated rings. The molecule has 0 heteroatoms. The second-order valence-electron chi connectivity index (χ2n) is 29.7. The van der Waals surface area contributed by atoms with Gasteiger partial charge in [-0.3, -0.25) is 0 Å². The van der Waals surface area contributed by atoms with Crippen molar-refractivity contribution in [2.24, 2.45) is 0 Å². The molecule has 24 rings (SSSR count). The van der Waals surface area contributed by atoms with Gasteiger partial charge in [-0.05, 0) is 272 Å². The predicted molar refractivity (Wildman–Crippen MR) is 526 cm³/mol. The van der Waals surface area contributed by atoms with Crippen LogP contribution in [0.4, 0.5) is 0 Å². The molecule has 24 aromatic rings. The summed E-state index contributed by atoms with van der Waals surface area (Å²) in [7, 11) is 0. The van der Waals surface area contributed by atoms with Gasteiger partial charge >= 0.3 is 0 Å². The minimum atomic E-state index is -0.854. The lowest BCUT2D eigenvalue weighted by atomic mass is 9.82. The van der Waals surface area contributed by atoms with E-state index in [9.17, 15) is 15.1 Å². The van der Waals surface area contributed by atoms with Crippen molar-refractivity contribution in [1.29, 1.82) is 0 Å². The van der Waals surface area contributed by atoms with E-state index in [4.69, 9.17) is 24.7 Å². The Morgan fingerprint density at radius 2 is 0.393 bits per heavy atom. The fourth-order valence-corrected chi connectivity index (χ4v) is 17.5. The van der Waals surface area contributed by atoms with Crippen LogP contribution >= 0.6 is 0 Å². The van der Waals surface area contributed by atoms with E-state index in [1.807, 2.05) is 200 Å². The molecule has 0 N–H and O–H groups in total. The highest BCUT2D eigenvalue weighted by Gasteiger charge is 2.24. The molecule has 0 radical (unpaired) electrons. The van der Waals surface area contributed by atoms with Crippen LogP contribution in [-0.2, 0) is 0 Å². The van der Waals surface area contributed by atoms with Crippen molar-refractivity contribution in [3.05, 3.63) is 485 Å². The Morgan fingerprint density at radius 3 is 0.828 bits per heavy atom. The van der Waals surface area contributed by atoms with Crippen LogP contribution in [0, 0.1) is 0 Å². The first-order valence-corrected chi connectivity index (χ1v) is 39.9. The topological polar surface area (TPSA) is 0 Å². The van der Waals surface area contributed by atoms with Crippen molar-refractivity contribution in [3.8, 4) is 111 Å². The van der Waals surface area contributed by atoms with E-state index in [1.165, 1.54) is 0 Å². The summed E-state index contributed by atoms with van der Waals surface area (Å²) in [6.07, 6.45) is 0. The van der Waals surface area contributed by atoms with Crippen molar-refractivity contribution in [1.82, 2.24) is 0 Å². The molecule has 0 aliphatic rings. The predicted octanol–water partition coefficient (Wildman–Crippen LogP) is 34.4. The highest BCUT2D eigenvalue weighted by atomic mass is 14.3. The van der Waals surface area contributed by atoms with E-state index in [0.29, 0.717) is 54.9 Å². The molecular weight excluding hydrogens is 1470 g/mol. The average molecular weight is 1580 g/mol. The average Bonchev–Trinajstić information content (AvgIpc) is 0.687. The van der Waals surface area contributed by atoms with E-state index in [0.717, 1.165) is 104 Å². The maximum atomic E-state index is 9.47. The molecule has 122 heavy (non-hydrogen) atoms. The van der Waals surface area contributed by atoms with Gasteiger partial charge in [0.2, 0.25) is 0 Å². The molecule has 0 nitrogen and oxygen atoms in total. The molecule has 0 amide bonds. The van der Waals surface area contributed by atoms with E-state index in [1.54, 1.807) is 18.2 Å². The summed E-state index contributed by atoms with van der Waals surface area (Å²) >= 11 is 0. The largest absolute Gasteiger partial charge is 0.0629 e. The first-order chi connectivity index (χ1) is 72.6. The Kier molecular flexibility index (Phi) is 12.4. The fraction of sp³-hybridized carbons (Fsp3) is 0. The Hall–Kier alpha value is -15.9. The summed E-state index contributed by atoms with van der Waals surface area (Å²) in [5, 5.41) is 11.7. The van der Waals surface area contributed by atoms with E-state index < -0.39 is 149 Å². The standard InChI is InChI=1S/C42H28.2C40H26/c1-3-15-29(16-4-1)32-27-31-19-7-8-21-34(31)40(28-32)42-38-25-13-11-23-36(38)41(37-24-12-14-26-39(37)42)35-22-10-9-20-33(35)30-17-5-2-6-18-30;1-2-11-27(12-3-1)30-23-24-33-31(25-30)15-10-20-34(33)40-37-18-8-6-16-35(37)39(36-17-7-9-19-38(36)40)32-22-21-28-13-4-5-14-29(28)26-32;1-2-12-27(13-3-1)32-25-30-16-6-7-17-33(30)38(26-32)40-36-20-10-8-18-34(36)39(35-19-9-11-21-37(35)40)31-23-22-28-14-4-5-15-29(28)24-31/h1-28H;2*1-26H/i2D,5D,6D,9D,10D,11D,12D,13D,14D,17D,18D,20D,22D,23D,24D,25D,26D;6D,8D,16D,18D;8D,9D,10D,11D,18D,19D,20D,21D. The summed E-state index contributed by atoms with van der Waals surface area (Å²) in [5.41, 5.74) is 8.93. The van der Waals surface area contributed by atoms with Gasteiger partial charge < -0.3 is 0 Å². The van der Waals surface area contributed by atoms with Gasteiger partial charge in [0.25, 0.3) is 0 Å². The third-order valence-electron chi connectivity index (χ3n) is 22.9. The van der Waals surface area contributed by atoms with Gasteiger partial charge in [-0.2, -0.15) is 0 Å². The van der Waals surface area contributed by atoms with E-state index in [-0.39, 0.29) is 97.0 Å². The summed E-state index contributed by atoms with van der Waals surface area (Å²) in [6, 6.07) is 84.4. The molecule has 0 saturated heterocycles. The van der Waals surface area contributed by atoms with Gasteiger partial charge in [-0.25, -0.2) is 0 Å². The smallest absolute Gasteiger partial charge is 0.0622 e. The Morgan fingerprint density at radius 1 is 0.115 bits per heavy atom. The highest BCUT2D eigenvalue weighted by molar-refractivity contribution is 6.28. The minimum Gasteiger partial charge on any atom is -0.0622 e. The summed E-state index contributed by atoms with van der Waals surface area (Å²) in [4.78, 5) is 0. The lowest BCUT2D eigenvalue weighted by Gasteiger charge is -2.21. The molecule has 24 aromatic carbocycles. The Labute approximate surface area is 750 Å². The quantitative estimate of drug-likeness (QED) is 0.120. The Balaban J connectivity index is 0.000000129. The molecule has 0 bridgehead atoms. The van der Waals surface area contributed by atoms with Gasteiger partial charge in [-0.1, -0.05) is 442 Å². The summed E-state index contributed by atoms with van der Waals surface area (Å²) in [6.45, 7) is 0. The van der Waals surface area contributed by atoms with Crippen molar-refractivity contribution >= 4 is 118 Å². The lowest BCUT2D eigenvalue weighted by Crippen LogP contribution is -1.93. The number of hydrogen-bond donors (Lipinski definition) is 0. The highest BCUT2D eigenvalue weighted by Crippen LogP contribution is 2.52. The van der Waals surface area contributed by atoms with Crippen LogP contribution in [0.5, 0.6) is 0 Å². The first-order valence-electron chi connectivity index (χ1n) is 54.4. The second-order valence-corrected chi connectivity index (χ2v) is 29.7. The third kappa shape index (κ3) is 13.2. The van der Waals surface area contributed by atoms with Crippen molar-refractivity contribution in [2.45, 2.75) is 0 Å². The molecule has 0 aliphatic heterocycles. The molecular formula is C122H80. The molecule has 0 aliphatic carbocycles.